The molecule has 0 saturated carbocycles. The van der Waals surface area contributed by atoms with Gasteiger partial charge in [-0.2, -0.15) is 4.98 Å². The van der Waals surface area contributed by atoms with Crippen LogP contribution in [0.25, 0.3) is 0 Å². The second-order valence-corrected chi connectivity index (χ2v) is 7.89. The van der Waals surface area contributed by atoms with Crippen LogP contribution in [0, 0.1) is 19.7 Å². The maximum Gasteiger partial charge on any atom is 0.264 e. The summed E-state index contributed by atoms with van der Waals surface area (Å²) in [4.78, 5) is 4.04. The molecule has 0 radical (unpaired) electrons. The van der Waals surface area contributed by atoms with E-state index in [0.29, 0.717) is 21.7 Å². The van der Waals surface area contributed by atoms with Crippen molar-refractivity contribution in [1.29, 1.82) is 0 Å². The van der Waals surface area contributed by atoms with Gasteiger partial charge in [0.1, 0.15) is 12.1 Å². The van der Waals surface area contributed by atoms with Gasteiger partial charge in [0.15, 0.2) is 0 Å². The van der Waals surface area contributed by atoms with Crippen molar-refractivity contribution < 1.29 is 12.8 Å². The van der Waals surface area contributed by atoms with E-state index in [0.717, 1.165) is 0 Å². The molecule has 136 valence electrons. The molecule has 3 aromatic rings. The number of sulfonamides is 1. The molecule has 9 heteroatoms. The van der Waals surface area contributed by atoms with E-state index in [-0.39, 0.29) is 23.2 Å². The zero-order valence-corrected chi connectivity index (χ0v) is 15.6. The molecule has 2 aromatic carbocycles. The van der Waals surface area contributed by atoms with Crippen LogP contribution < -0.4 is 4.72 Å². The van der Waals surface area contributed by atoms with E-state index in [4.69, 9.17) is 11.6 Å². The van der Waals surface area contributed by atoms with Crippen molar-refractivity contribution in [3.8, 4) is 0 Å². The summed E-state index contributed by atoms with van der Waals surface area (Å²) in [5.74, 6) is -0.453. The Balaban J connectivity index is 1.82. The monoisotopic (exact) mass is 394 g/mol. The number of halogens is 2. The van der Waals surface area contributed by atoms with Crippen LogP contribution in [0.15, 0.2) is 47.6 Å². The van der Waals surface area contributed by atoms with Gasteiger partial charge in [-0.05, 0) is 43.2 Å². The van der Waals surface area contributed by atoms with Gasteiger partial charge in [0, 0.05) is 10.6 Å². The fourth-order valence-electron chi connectivity index (χ4n) is 2.44. The number of hydrogen-bond acceptors (Lipinski definition) is 4. The van der Waals surface area contributed by atoms with Crippen LogP contribution >= 0.6 is 11.6 Å². The molecular weight excluding hydrogens is 379 g/mol. The number of aryl methyl sites for hydroxylation is 2. The largest absolute Gasteiger partial charge is 0.264 e. The van der Waals surface area contributed by atoms with Gasteiger partial charge in [-0.15, -0.1) is 5.10 Å². The van der Waals surface area contributed by atoms with Crippen LogP contribution in [-0.2, 0) is 16.6 Å². The lowest BCUT2D eigenvalue weighted by Crippen LogP contribution is -2.16. The Labute approximate surface area is 155 Å². The first kappa shape index (κ1) is 18.3. The minimum Gasteiger partial charge on any atom is -0.246 e. The minimum atomic E-state index is -3.87. The summed E-state index contributed by atoms with van der Waals surface area (Å²) in [5.41, 5.74) is 1.59. The molecule has 1 N–H and O–H groups in total. The van der Waals surface area contributed by atoms with Crippen molar-refractivity contribution in [3.05, 3.63) is 70.3 Å². The Morgan fingerprint density at radius 1 is 1.19 bits per heavy atom. The van der Waals surface area contributed by atoms with Gasteiger partial charge in [-0.1, -0.05) is 29.8 Å². The zero-order valence-electron chi connectivity index (χ0n) is 14.1. The maximum atomic E-state index is 13.7. The van der Waals surface area contributed by atoms with E-state index in [1.807, 2.05) is 0 Å². The van der Waals surface area contributed by atoms with Crippen molar-refractivity contribution in [3.63, 3.8) is 0 Å². The second-order valence-electron chi connectivity index (χ2n) is 5.83. The van der Waals surface area contributed by atoms with Crippen molar-refractivity contribution in [2.45, 2.75) is 25.3 Å². The summed E-state index contributed by atoms with van der Waals surface area (Å²) in [7, 11) is -3.87. The Morgan fingerprint density at radius 2 is 1.92 bits per heavy atom. The highest BCUT2D eigenvalue weighted by molar-refractivity contribution is 7.92. The van der Waals surface area contributed by atoms with Crippen molar-refractivity contribution >= 4 is 27.6 Å². The second kappa shape index (κ2) is 7.05. The number of benzene rings is 2. The normalized spacial score (nSPS) is 11.5. The van der Waals surface area contributed by atoms with Gasteiger partial charge < -0.3 is 0 Å². The molecule has 0 bridgehead atoms. The molecule has 0 aliphatic rings. The summed E-state index contributed by atoms with van der Waals surface area (Å²) in [5, 5.41) is 4.54. The average molecular weight is 395 g/mol. The third kappa shape index (κ3) is 3.86. The topological polar surface area (TPSA) is 76.9 Å². The molecule has 0 unspecified atom stereocenters. The number of aromatic nitrogens is 3. The first-order valence-electron chi connectivity index (χ1n) is 7.68. The maximum absolute atomic E-state index is 13.7. The molecule has 1 heterocycles. The predicted octanol–water partition coefficient (Wildman–Crippen LogP) is 3.54. The van der Waals surface area contributed by atoms with Crippen LogP contribution in [0.3, 0.4) is 0 Å². The van der Waals surface area contributed by atoms with Gasteiger partial charge in [0.05, 0.1) is 11.4 Å². The van der Waals surface area contributed by atoms with Crippen LogP contribution in [0.1, 0.15) is 16.7 Å². The molecule has 0 aliphatic heterocycles. The summed E-state index contributed by atoms with van der Waals surface area (Å²) in [6.45, 7) is 3.52. The van der Waals surface area contributed by atoms with Gasteiger partial charge in [-0.3, -0.25) is 0 Å². The van der Waals surface area contributed by atoms with Gasteiger partial charge in [-0.25, -0.2) is 22.2 Å². The van der Waals surface area contributed by atoms with Crippen LogP contribution in [0.2, 0.25) is 5.02 Å². The Bertz CT molecular complexity index is 1070. The third-order valence-electron chi connectivity index (χ3n) is 3.80. The lowest BCUT2D eigenvalue weighted by molar-refractivity contribution is 0.584. The third-order valence-corrected chi connectivity index (χ3v) is 5.68. The van der Waals surface area contributed by atoms with E-state index >= 15 is 0 Å². The average Bonchev–Trinajstić information content (AvgIpc) is 2.99. The van der Waals surface area contributed by atoms with E-state index in [1.54, 1.807) is 38.1 Å². The SMILES string of the molecule is Cc1cc(S(=O)(=O)Nc2ncn(Cc3ccccc3F)n2)c(C)cc1Cl. The van der Waals surface area contributed by atoms with E-state index in [1.165, 1.54) is 23.1 Å². The molecule has 3 rings (SSSR count). The van der Waals surface area contributed by atoms with Crippen molar-refractivity contribution in [2.24, 2.45) is 0 Å². The molecule has 0 spiro atoms. The molecule has 1 aromatic heterocycles. The minimum absolute atomic E-state index is 0.0895. The quantitative estimate of drug-likeness (QED) is 0.718. The van der Waals surface area contributed by atoms with Crippen LogP contribution in [0.5, 0.6) is 0 Å². The first-order valence-corrected chi connectivity index (χ1v) is 9.55. The van der Waals surface area contributed by atoms with Crippen LogP contribution in [0.4, 0.5) is 10.3 Å². The zero-order chi connectivity index (χ0) is 18.9. The Morgan fingerprint density at radius 3 is 2.65 bits per heavy atom. The van der Waals surface area contributed by atoms with E-state index in [2.05, 4.69) is 14.8 Å². The van der Waals surface area contributed by atoms with E-state index in [9.17, 15) is 12.8 Å². The molecule has 0 atom stereocenters. The molecule has 26 heavy (non-hydrogen) atoms. The number of rotatable bonds is 5. The summed E-state index contributed by atoms with van der Waals surface area (Å²) in [6, 6.07) is 9.37. The molecule has 6 nitrogen and oxygen atoms in total. The predicted molar refractivity (Wildman–Crippen MR) is 97.3 cm³/mol. The highest BCUT2D eigenvalue weighted by Gasteiger charge is 2.20. The van der Waals surface area contributed by atoms with Crippen molar-refractivity contribution in [1.82, 2.24) is 14.8 Å². The standard InChI is InChI=1S/C17H16ClFN4O2S/c1-11-8-16(12(2)7-14(11)18)26(24,25)22-17-20-10-23(21-17)9-13-5-3-4-6-15(13)19/h3-8,10H,9H2,1-2H3,(H,21,22). The number of nitrogens with one attached hydrogen (secondary N) is 1. The first-order chi connectivity index (χ1) is 12.3. The fraction of sp³-hybridized carbons (Fsp3) is 0.176. The van der Waals surface area contributed by atoms with Crippen molar-refractivity contribution in [2.75, 3.05) is 4.72 Å². The number of anilines is 1. The molecule has 0 aliphatic carbocycles. The highest BCUT2D eigenvalue weighted by atomic mass is 35.5. The molecular formula is C17H16ClFN4O2S. The smallest absolute Gasteiger partial charge is 0.246 e. The van der Waals surface area contributed by atoms with Crippen LogP contribution in [-0.4, -0.2) is 23.2 Å². The molecule has 0 amide bonds. The fourth-order valence-corrected chi connectivity index (χ4v) is 3.91. The molecule has 0 fully saturated rings. The highest BCUT2D eigenvalue weighted by Crippen LogP contribution is 2.25. The Hall–Kier alpha value is -2.45. The summed E-state index contributed by atoms with van der Waals surface area (Å²) < 4.78 is 42.6. The lowest BCUT2D eigenvalue weighted by atomic mass is 10.2. The lowest BCUT2D eigenvalue weighted by Gasteiger charge is -2.10. The number of nitrogens with zero attached hydrogens (tertiary/aromatic N) is 3. The number of hydrogen-bond donors (Lipinski definition) is 1. The van der Waals surface area contributed by atoms with Gasteiger partial charge in [0.25, 0.3) is 16.0 Å². The molecule has 0 saturated heterocycles. The van der Waals surface area contributed by atoms with Gasteiger partial charge in [0.2, 0.25) is 0 Å². The van der Waals surface area contributed by atoms with Gasteiger partial charge >= 0.3 is 0 Å². The summed E-state index contributed by atoms with van der Waals surface area (Å²) in [6.07, 6.45) is 1.34. The van der Waals surface area contributed by atoms with E-state index < -0.39 is 10.0 Å². The Kier molecular flexibility index (Phi) is 4.97. The summed E-state index contributed by atoms with van der Waals surface area (Å²) >= 11 is 6.02.